The summed E-state index contributed by atoms with van der Waals surface area (Å²) < 4.78 is 0. The summed E-state index contributed by atoms with van der Waals surface area (Å²) in [5.74, 6) is 0.544. The fourth-order valence-electron chi connectivity index (χ4n) is 1.75. The molecule has 0 bridgehead atoms. The van der Waals surface area contributed by atoms with Gasteiger partial charge in [0.15, 0.2) is 0 Å². The summed E-state index contributed by atoms with van der Waals surface area (Å²) in [4.78, 5) is 2.31. The van der Waals surface area contributed by atoms with Crippen LogP contribution in [0.5, 0.6) is 0 Å². The van der Waals surface area contributed by atoms with Gasteiger partial charge in [-0.1, -0.05) is 78.4 Å². The molecule has 4 N–H and O–H groups in total. The molecule has 2 rings (SSSR count). The van der Waals surface area contributed by atoms with Crippen molar-refractivity contribution in [3.8, 4) is 0 Å². The van der Waals surface area contributed by atoms with Gasteiger partial charge in [-0.15, -0.1) is 0 Å². The molecule has 3 nitrogen and oxygen atoms in total. The molecule has 0 aliphatic heterocycles. The quantitative estimate of drug-likeness (QED) is 0.705. The molecule has 0 spiro atoms. The molecule has 5 heteroatoms. The van der Waals surface area contributed by atoms with Gasteiger partial charge in [-0.2, -0.15) is 0 Å². The van der Waals surface area contributed by atoms with Crippen molar-refractivity contribution in [2.75, 3.05) is 11.9 Å². The third-order valence-electron chi connectivity index (χ3n) is 2.63. The van der Waals surface area contributed by atoms with E-state index in [1.807, 2.05) is 38.1 Å². The van der Waals surface area contributed by atoms with Crippen LogP contribution in [0.25, 0.3) is 10.8 Å². The maximum Gasteiger partial charge on any atom is 0.103 e. The minimum absolute atomic E-state index is 0.493. The second kappa shape index (κ2) is 9.37. The van der Waals surface area contributed by atoms with Gasteiger partial charge in [0, 0.05) is 16.1 Å². The zero-order valence-electron chi connectivity index (χ0n) is 12.2. The predicted octanol–water partition coefficient (Wildman–Crippen LogP) is 4.35. The summed E-state index contributed by atoms with van der Waals surface area (Å²) in [6.07, 6.45) is 0. The molecule has 0 saturated heterocycles. The van der Waals surface area contributed by atoms with Gasteiger partial charge in [0.25, 0.3) is 0 Å². The van der Waals surface area contributed by atoms with Crippen molar-refractivity contribution in [1.82, 2.24) is 5.32 Å². The Labute approximate surface area is 139 Å². The van der Waals surface area contributed by atoms with Crippen LogP contribution < -0.4 is 16.4 Å². The van der Waals surface area contributed by atoms with Gasteiger partial charge in [0.2, 0.25) is 0 Å². The van der Waals surface area contributed by atoms with Crippen LogP contribution in [-0.2, 0) is 0 Å². The number of thiocarbonyl (C=S) groups is 1. The van der Waals surface area contributed by atoms with Crippen LogP contribution in [0.1, 0.15) is 13.8 Å². The van der Waals surface area contributed by atoms with Crippen molar-refractivity contribution < 1.29 is 0 Å². The van der Waals surface area contributed by atoms with Gasteiger partial charge >= 0.3 is 0 Å². The molecule has 112 valence electrons. The highest BCUT2D eigenvalue weighted by Crippen LogP contribution is 2.22. The first-order chi connectivity index (χ1) is 10.2. The lowest BCUT2D eigenvalue weighted by Gasteiger charge is -2.12. The predicted molar refractivity (Wildman–Crippen MR) is 101 cm³/mol. The Morgan fingerprint density at radius 2 is 1.86 bits per heavy atom. The third-order valence-corrected chi connectivity index (χ3v) is 3.37. The lowest BCUT2D eigenvalue weighted by molar-refractivity contribution is 0.919. The molecule has 0 atom stereocenters. The first-order valence-corrected chi connectivity index (χ1v) is 8.10. The van der Waals surface area contributed by atoms with Crippen molar-refractivity contribution in [3.63, 3.8) is 0 Å². The fourth-order valence-corrected chi connectivity index (χ4v) is 2.09. The number of benzene rings is 2. The minimum Gasteiger partial charge on any atom is -0.385 e. The minimum atomic E-state index is 0.493. The van der Waals surface area contributed by atoms with Crippen molar-refractivity contribution in [3.05, 3.63) is 53.3 Å². The van der Waals surface area contributed by atoms with Crippen LogP contribution in [0.3, 0.4) is 0 Å². The van der Waals surface area contributed by atoms with Gasteiger partial charge in [-0.05, 0) is 11.5 Å². The highest BCUT2D eigenvalue weighted by atomic mass is 79.9. The van der Waals surface area contributed by atoms with E-state index in [-0.39, 0.29) is 0 Å². The summed E-state index contributed by atoms with van der Waals surface area (Å²) in [6, 6.07) is 14.3. The second-order valence-corrected chi connectivity index (χ2v) is 4.94. The maximum absolute atomic E-state index is 5.62. The zero-order chi connectivity index (χ0) is 15.7. The molecule has 0 fully saturated rings. The van der Waals surface area contributed by atoms with E-state index in [9.17, 15) is 0 Å². The van der Waals surface area contributed by atoms with Crippen LogP contribution in [0.4, 0.5) is 5.69 Å². The number of anilines is 1. The standard InChI is InChI=1S/C14H14BrN3S.C2H6/c15-8-13(16)17-9-14(19)18-12-7-3-5-10-4-1-2-6-11(10)12;1-2/h1-8,17H,9,16H2,(H,18,19);1-2H3/b13-8+;. The van der Waals surface area contributed by atoms with E-state index in [1.165, 1.54) is 5.39 Å². The number of hydrogen-bond donors (Lipinski definition) is 3. The number of halogens is 1. The molecular formula is C16H20BrN3S. The van der Waals surface area contributed by atoms with Gasteiger partial charge < -0.3 is 16.4 Å². The van der Waals surface area contributed by atoms with Crippen molar-refractivity contribution in [2.45, 2.75) is 13.8 Å². The number of hydrogen-bond acceptors (Lipinski definition) is 3. The van der Waals surface area contributed by atoms with Crippen molar-refractivity contribution in [2.24, 2.45) is 5.73 Å². The first kappa shape index (κ1) is 17.5. The molecule has 0 unspecified atom stereocenters. The van der Waals surface area contributed by atoms with Gasteiger partial charge in [0.1, 0.15) is 5.82 Å². The number of nitrogens with one attached hydrogen (secondary N) is 2. The van der Waals surface area contributed by atoms with Crippen LogP contribution in [0.15, 0.2) is 53.3 Å². The lowest BCUT2D eigenvalue weighted by atomic mass is 10.1. The average Bonchev–Trinajstić information content (AvgIpc) is 2.55. The van der Waals surface area contributed by atoms with E-state index < -0.39 is 0 Å². The first-order valence-electron chi connectivity index (χ1n) is 6.78. The summed E-state index contributed by atoms with van der Waals surface area (Å²) >= 11 is 8.44. The fraction of sp³-hybridized carbons (Fsp3) is 0.188. The molecular weight excluding hydrogens is 346 g/mol. The van der Waals surface area contributed by atoms with E-state index in [0.717, 1.165) is 11.1 Å². The van der Waals surface area contributed by atoms with Crippen LogP contribution >= 0.6 is 28.1 Å². The summed E-state index contributed by atoms with van der Waals surface area (Å²) in [5.41, 5.74) is 6.63. The Bertz CT molecular complexity index is 620. The average molecular weight is 366 g/mol. The zero-order valence-corrected chi connectivity index (χ0v) is 14.6. The molecule has 0 heterocycles. The smallest absolute Gasteiger partial charge is 0.103 e. The molecule has 0 saturated carbocycles. The molecule has 0 aliphatic rings. The molecule has 0 amide bonds. The summed E-state index contributed by atoms with van der Waals surface area (Å²) in [7, 11) is 0. The summed E-state index contributed by atoms with van der Waals surface area (Å²) in [6.45, 7) is 4.49. The van der Waals surface area contributed by atoms with E-state index in [0.29, 0.717) is 17.4 Å². The summed E-state index contributed by atoms with van der Waals surface area (Å²) in [5, 5.41) is 8.56. The third kappa shape index (κ3) is 5.36. The molecule has 2 aromatic rings. The highest BCUT2D eigenvalue weighted by Gasteiger charge is 2.02. The Morgan fingerprint density at radius 1 is 1.19 bits per heavy atom. The van der Waals surface area contributed by atoms with E-state index in [4.69, 9.17) is 18.0 Å². The maximum atomic E-state index is 5.62. The normalized spacial score (nSPS) is 10.5. The lowest BCUT2D eigenvalue weighted by Crippen LogP contribution is -2.29. The van der Waals surface area contributed by atoms with E-state index >= 15 is 0 Å². The number of fused-ring (bicyclic) bond motifs is 1. The number of nitrogens with two attached hydrogens (primary N) is 1. The topological polar surface area (TPSA) is 50.1 Å². The largest absolute Gasteiger partial charge is 0.385 e. The van der Waals surface area contributed by atoms with Crippen LogP contribution in [0.2, 0.25) is 0 Å². The van der Waals surface area contributed by atoms with E-state index in [1.54, 1.807) is 4.99 Å². The van der Waals surface area contributed by atoms with Gasteiger partial charge in [-0.3, -0.25) is 0 Å². The Hall–Kier alpha value is -1.59. The van der Waals surface area contributed by atoms with Gasteiger partial charge in [-0.25, -0.2) is 0 Å². The SMILES string of the molecule is CC.N/C(=C\Br)NCC(=S)Nc1cccc2ccccc12. The molecule has 21 heavy (non-hydrogen) atoms. The monoisotopic (exact) mass is 365 g/mol. The van der Waals surface area contributed by atoms with Gasteiger partial charge in [0.05, 0.1) is 11.5 Å². The molecule has 0 aliphatic carbocycles. The Morgan fingerprint density at radius 3 is 2.57 bits per heavy atom. The van der Waals surface area contributed by atoms with Crippen LogP contribution in [0, 0.1) is 0 Å². The van der Waals surface area contributed by atoms with Crippen molar-refractivity contribution in [1.29, 1.82) is 0 Å². The molecule has 0 radical (unpaired) electrons. The second-order valence-electron chi connectivity index (χ2n) is 3.99. The highest BCUT2D eigenvalue weighted by molar-refractivity contribution is 9.11. The Balaban J connectivity index is 0.00000106. The van der Waals surface area contributed by atoms with E-state index in [2.05, 4.69) is 44.8 Å². The van der Waals surface area contributed by atoms with Crippen molar-refractivity contribution >= 4 is 49.6 Å². The van der Waals surface area contributed by atoms with Crippen LogP contribution in [-0.4, -0.2) is 11.5 Å². The Kier molecular flexibility index (Phi) is 7.79. The molecule has 0 aromatic heterocycles. The molecule has 2 aromatic carbocycles. The number of rotatable bonds is 4.